The number of aromatic nitrogens is 2. The molecule has 0 aliphatic carbocycles. The van der Waals surface area contributed by atoms with Crippen LogP contribution in [0.1, 0.15) is 22.9 Å². The third kappa shape index (κ3) is 2.68. The molecule has 1 unspecified atom stereocenters. The highest BCUT2D eigenvalue weighted by atomic mass is 14.7. The lowest BCUT2D eigenvalue weighted by Gasteiger charge is -2.13. The molecule has 1 aromatic carbocycles. The van der Waals surface area contributed by atoms with E-state index in [0.29, 0.717) is 0 Å². The van der Waals surface area contributed by atoms with Crippen molar-refractivity contribution in [1.29, 1.82) is 0 Å². The number of hydrogen-bond donors (Lipinski definition) is 1. The Bertz CT molecular complexity index is 723. The SMILES string of the molecule is Cc1ccc2cc(C(N)Cc3ccncc3)ccc2n1. The van der Waals surface area contributed by atoms with Crippen molar-refractivity contribution in [3.05, 3.63) is 71.7 Å². The van der Waals surface area contributed by atoms with E-state index >= 15 is 0 Å². The molecule has 3 heteroatoms. The van der Waals surface area contributed by atoms with Crippen LogP contribution in [0.3, 0.4) is 0 Å². The lowest BCUT2D eigenvalue weighted by Crippen LogP contribution is -2.13. The summed E-state index contributed by atoms with van der Waals surface area (Å²) in [6.45, 7) is 2.00. The first-order valence-corrected chi connectivity index (χ1v) is 6.74. The summed E-state index contributed by atoms with van der Waals surface area (Å²) in [4.78, 5) is 8.54. The fourth-order valence-electron chi connectivity index (χ4n) is 2.37. The second-order valence-corrected chi connectivity index (χ2v) is 5.07. The van der Waals surface area contributed by atoms with Crippen molar-refractivity contribution in [2.75, 3.05) is 0 Å². The molecule has 0 aliphatic heterocycles. The molecule has 3 rings (SSSR count). The fraction of sp³-hybridized carbons (Fsp3) is 0.176. The number of fused-ring (bicyclic) bond motifs is 1. The molecule has 2 heterocycles. The predicted octanol–water partition coefficient (Wildman–Crippen LogP) is 3.18. The smallest absolute Gasteiger partial charge is 0.0705 e. The molecule has 0 saturated heterocycles. The van der Waals surface area contributed by atoms with Crippen molar-refractivity contribution in [3.8, 4) is 0 Å². The number of nitrogens with zero attached hydrogens (tertiary/aromatic N) is 2. The maximum Gasteiger partial charge on any atom is 0.0705 e. The normalized spacial score (nSPS) is 12.5. The van der Waals surface area contributed by atoms with Crippen molar-refractivity contribution in [2.45, 2.75) is 19.4 Å². The van der Waals surface area contributed by atoms with Crippen LogP contribution < -0.4 is 5.73 Å². The van der Waals surface area contributed by atoms with Crippen LogP contribution in [-0.2, 0) is 6.42 Å². The van der Waals surface area contributed by atoms with Gasteiger partial charge in [-0.15, -0.1) is 0 Å². The Morgan fingerprint density at radius 2 is 1.85 bits per heavy atom. The minimum atomic E-state index is -0.0110. The van der Waals surface area contributed by atoms with Gasteiger partial charge < -0.3 is 5.73 Å². The minimum Gasteiger partial charge on any atom is -0.324 e. The molecule has 3 nitrogen and oxygen atoms in total. The van der Waals surface area contributed by atoms with E-state index < -0.39 is 0 Å². The molecular weight excluding hydrogens is 246 g/mol. The average molecular weight is 263 g/mol. The van der Waals surface area contributed by atoms with E-state index in [-0.39, 0.29) is 6.04 Å². The Balaban J connectivity index is 1.88. The average Bonchev–Trinajstić information content (AvgIpc) is 2.47. The summed E-state index contributed by atoms with van der Waals surface area (Å²) in [6, 6.07) is 14.4. The number of benzene rings is 1. The van der Waals surface area contributed by atoms with Gasteiger partial charge in [0.25, 0.3) is 0 Å². The Kier molecular flexibility index (Phi) is 3.44. The maximum absolute atomic E-state index is 6.31. The van der Waals surface area contributed by atoms with Gasteiger partial charge in [-0.3, -0.25) is 9.97 Å². The fourth-order valence-corrected chi connectivity index (χ4v) is 2.37. The highest BCUT2D eigenvalue weighted by Crippen LogP contribution is 2.21. The standard InChI is InChI=1S/C17H17N3/c1-12-2-3-15-11-14(4-5-17(15)20-12)16(18)10-13-6-8-19-9-7-13/h2-9,11,16H,10,18H2,1H3. The first kappa shape index (κ1) is 12.8. The lowest BCUT2D eigenvalue weighted by atomic mass is 9.99. The first-order valence-electron chi connectivity index (χ1n) is 6.74. The first-order chi connectivity index (χ1) is 9.72. The monoisotopic (exact) mass is 263 g/mol. The van der Waals surface area contributed by atoms with Gasteiger partial charge in [0, 0.05) is 29.5 Å². The Labute approximate surface area is 118 Å². The number of aryl methyl sites for hydroxylation is 1. The Hall–Kier alpha value is -2.26. The van der Waals surface area contributed by atoms with Crippen molar-refractivity contribution < 1.29 is 0 Å². The number of hydrogen-bond acceptors (Lipinski definition) is 3. The number of pyridine rings is 2. The van der Waals surface area contributed by atoms with Gasteiger partial charge in [0.05, 0.1) is 5.52 Å². The molecule has 0 spiro atoms. The lowest BCUT2D eigenvalue weighted by molar-refractivity contribution is 0.722. The van der Waals surface area contributed by atoms with E-state index in [9.17, 15) is 0 Å². The van der Waals surface area contributed by atoms with Crippen LogP contribution in [0.25, 0.3) is 10.9 Å². The van der Waals surface area contributed by atoms with Crippen LogP contribution in [0.4, 0.5) is 0 Å². The van der Waals surface area contributed by atoms with Crippen LogP contribution in [0.15, 0.2) is 54.9 Å². The van der Waals surface area contributed by atoms with Crippen LogP contribution >= 0.6 is 0 Å². The van der Waals surface area contributed by atoms with Crippen LogP contribution in [0.2, 0.25) is 0 Å². The molecule has 0 amide bonds. The van der Waals surface area contributed by atoms with Crippen molar-refractivity contribution in [1.82, 2.24) is 9.97 Å². The third-order valence-corrected chi connectivity index (χ3v) is 3.49. The molecule has 2 N–H and O–H groups in total. The zero-order chi connectivity index (χ0) is 13.9. The van der Waals surface area contributed by atoms with E-state index in [4.69, 9.17) is 5.73 Å². The van der Waals surface area contributed by atoms with Gasteiger partial charge in [0.1, 0.15) is 0 Å². The van der Waals surface area contributed by atoms with E-state index in [1.807, 2.05) is 31.2 Å². The Morgan fingerprint density at radius 3 is 2.65 bits per heavy atom. The second kappa shape index (κ2) is 5.39. The molecule has 0 fully saturated rings. The van der Waals surface area contributed by atoms with Gasteiger partial charge in [-0.2, -0.15) is 0 Å². The van der Waals surface area contributed by atoms with Gasteiger partial charge in [-0.25, -0.2) is 0 Å². The van der Waals surface area contributed by atoms with Gasteiger partial charge >= 0.3 is 0 Å². The van der Waals surface area contributed by atoms with Gasteiger partial charge in [-0.05, 0) is 54.8 Å². The van der Waals surface area contributed by atoms with Gasteiger partial charge in [0.15, 0.2) is 0 Å². The summed E-state index contributed by atoms with van der Waals surface area (Å²) in [5.41, 5.74) is 10.7. The van der Waals surface area contributed by atoms with E-state index in [0.717, 1.165) is 28.6 Å². The molecule has 0 aliphatic rings. The molecule has 0 bridgehead atoms. The van der Waals surface area contributed by atoms with Gasteiger partial charge in [-0.1, -0.05) is 12.1 Å². The quantitative estimate of drug-likeness (QED) is 0.789. The highest BCUT2D eigenvalue weighted by Gasteiger charge is 2.08. The number of nitrogens with two attached hydrogens (primary N) is 1. The zero-order valence-electron chi connectivity index (χ0n) is 11.5. The summed E-state index contributed by atoms with van der Waals surface area (Å²) in [5, 5.41) is 1.14. The molecule has 2 aromatic heterocycles. The largest absolute Gasteiger partial charge is 0.324 e. The van der Waals surface area contributed by atoms with Crippen molar-refractivity contribution in [2.24, 2.45) is 5.73 Å². The maximum atomic E-state index is 6.31. The van der Waals surface area contributed by atoms with E-state index in [1.54, 1.807) is 12.4 Å². The zero-order valence-corrected chi connectivity index (χ0v) is 11.5. The van der Waals surface area contributed by atoms with Crippen LogP contribution in [0, 0.1) is 6.92 Å². The van der Waals surface area contributed by atoms with Crippen LogP contribution in [-0.4, -0.2) is 9.97 Å². The summed E-state index contributed by atoms with van der Waals surface area (Å²) in [7, 11) is 0. The third-order valence-electron chi connectivity index (χ3n) is 3.49. The van der Waals surface area contributed by atoms with E-state index in [2.05, 4.69) is 28.2 Å². The summed E-state index contributed by atoms with van der Waals surface area (Å²) >= 11 is 0. The van der Waals surface area contributed by atoms with Gasteiger partial charge in [0.2, 0.25) is 0 Å². The molecule has 0 radical (unpaired) electrons. The van der Waals surface area contributed by atoms with E-state index in [1.165, 1.54) is 5.56 Å². The van der Waals surface area contributed by atoms with Crippen molar-refractivity contribution >= 4 is 10.9 Å². The minimum absolute atomic E-state index is 0.0110. The summed E-state index contributed by atoms with van der Waals surface area (Å²) in [5.74, 6) is 0. The molecular formula is C17H17N3. The molecule has 100 valence electrons. The highest BCUT2D eigenvalue weighted by molar-refractivity contribution is 5.79. The topological polar surface area (TPSA) is 51.8 Å². The predicted molar refractivity (Wildman–Crippen MR) is 81.3 cm³/mol. The molecule has 1 atom stereocenters. The Morgan fingerprint density at radius 1 is 1.05 bits per heavy atom. The molecule has 0 saturated carbocycles. The van der Waals surface area contributed by atoms with Crippen LogP contribution in [0.5, 0.6) is 0 Å². The molecule has 20 heavy (non-hydrogen) atoms. The number of rotatable bonds is 3. The van der Waals surface area contributed by atoms with Crippen molar-refractivity contribution in [3.63, 3.8) is 0 Å². The summed E-state index contributed by atoms with van der Waals surface area (Å²) in [6.07, 6.45) is 4.41. The molecule has 3 aromatic rings. The summed E-state index contributed by atoms with van der Waals surface area (Å²) < 4.78 is 0. The second-order valence-electron chi connectivity index (χ2n) is 5.07.